The van der Waals surface area contributed by atoms with Crippen LogP contribution < -0.4 is 0 Å². The van der Waals surface area contributed by atoms with Crippen LogP contribution in [0.25, 0.3) is 0 Å². The molecule has 22 heavy (non-hydrogen) atoms. The van der Waals surface area contributed by atoms with E-state index in [0.29, 0.717) is 18.9 Å². The molecule has 6 heteroatoms. The third-order valence-electron chi connectivity index (χ3n) is 3.79. The Kier molecular flexibility index (Phi) is 5.60. The van der Waals surface area contributed by atoms with Crippen molar-refractivity contribution < 1.29 is 18.3 Å². The van der Waals surface area contributed by atoms with Gasteiger partial charge < -0.3 is 9.84 Å². The van der Waals surface area contributed by atoms with Gasteiger partial charge in [0.05, 0.1) is 24.2 Å². The van der Waals surface area contributed by atoms with E-state index in [2.05, 4.69) is 13.8 Å². The number of aliphatic hydroxyl groups excluding tert-OH is 1. The van der Waals surface area contributed by atoms with Gasteiger partial charge in [-0.25, -0.2) is 8.42 Å². The molecule has 0 bridgehead atoms. The molecule has 0 saturated carbocycles. The summed E-state index contributed by atoms with van der Waals surface area (Å²) in [6.07, 6.45) is -0.0879. The van der Waals surface area contributed by atoms with Crippen LogP contribution >= 0.6 is 0 Å². The standard InChI is InChI=1S/C16H25NO4S/c1-12(2)8-14-10-21-11-15(18)9-17(14)22(19,20)16-6-4-13(3)5-7-16/h4-7,12,14-15,18H,8-11H2,1-3H3/t14-,15-/m0/s1. The second-order valence-electron chi connectivity index (χ2n) is 6.36. The van der Waals surface area contributed by atoms with Crippen molar-refractivity contribution >= 4 is 10.0 Å². The largest absolute Gasteiger partial charge is 0.389 e. The van der Waals surface area contributed by atoms with E-state index in [4.69, 9.17) is 4.74 Å². The molecule has 1 aliphatic heterocycles. The van der Waals surface area contributed by atoms with E-state index in [1.807, 2.05) is 6.92 Å². The SMILES string of the molecule is Cc1ccc(S(=O)(=O)N2C[C@H](O)COC[C@@H]2CC(C)C)cc1. The molecule has 2 rings (SSSR count). The van der Waals surface area contributed by atoms with E-state index in [1.165, 1.54) is 4.31 Å². The molecular formula is C16H25NO4S. The molecule has 1 N–H and O–H groups in total. The van der Waals surface area contributed by atoms with Crippen molar-refractivity contribution in [1.29, 1.82) is 0 Å². The van der Waals surface area contributed by atoms with Crippen LogP contribution in [0.4, 0.5) is 0 Å². The number of hydrogen-bond acceptors (Lipinski definition) is 4. The maximum absolute atomic E-state index is 12.9. The number of hydrogen-bond donors (Lipinski definition) is 1. The summed E-state index contributed by atoms with van der Waals surface area (Å²) in [5, 5.41) is 9.93. The first-order valence-corrected chi connectivity index (χ1v) is 9.09. The summed E-state index contributed by atoms with van der Waals surface area (Å²) in [6.45, 7) is 6.60. The zero-order valence-electron chi connectivity index (χ0n) is 13.4. The van der Waals surface area contributed by atoms with Gasteiger partial charge in [0, 0.05) is 12.6 Å². The Labute approximate surface area is 133 Å². The lowest BCUT2D eigenvalue weighted by Crippen LogP contribution is -2.45. The highest BCUT2D eigenvalue weighted by atomic mass is 32.2. The molecule has 0 unspecified atom stereocenters. The molecule has 0 spiro atoms. The van der Waals surface area contributed by atoms with Gasteiger partial charge in [0.2, 0.25) is 10.0 Å². The van der Waals surface area contributed by atoms with E-state index in [1.54, 1.807) is 24.3 Å². The monoisotopic (exact) mass is 327 g/mol. The third-order valence-corrected chi connectivity index (χ3v) is 5.72. The van der Waals surface area contributed by atoms with Crippen LogP contribution in [-0.2, 0) is 14.8 Å². The van der Waals surface area contributed by atoms with Crippen molar-refractivity contribution in [2.45, 2.75) is 44.2 Å². The molecule has 0 aromatic heterocycles. The molecule has 1 aliphatic rings. The maximum atomic E-state index is 12.9. The van der Waals surface area contributed by atoms with Crippen molar-refractivity contribution in [2.24, 2.45) is 5.92 Å². The van der Waals surface area contributed by atoms with Crippen LogP contribution in [-0.4, -0.2) is 49.7 Å². The van der Waals surface area contributed by atoms with Gasteiger partial charge in [0.1, 0.15) is 0 Å². The van der Waals surface area contributed by atoms with E-state index in [0.717, 1.165) is 5.56 Å². The predicted molar refractivity (Wildman–Crippen MR) is 85.1 cm³/mol. The Morgan fingerprint density at radius 1 is 1.27 bits per heavy atom. The zero-order chi connectivity index (χ0) is 16.3. The summed E-state index contributed by atoms with van der Waals surface area (Å²) in [4.78, 5) is 0.265. The number of nitrogens with zero attached hydrogens (tertiary/aromatic N) is 1. The van der Waals surface area contributed by atoms with Crippen LogP contribution in [0.3, 0.4) is 0 Å². The van der Waals surface area contributed by atoms with Crippen LogP contribution in [0.1, 0.15) is 25.8 Å². The van der Waals surface area contributed by atoms with Crippen molar-refractivity contribution in [2.75, 3.05) is 19.8 Å². The predicted octanol–water partition coefficient (Wildman–Crippen LogP) is 1.79. The van der Waals surface area contributed by atoms with E-state index < -0.39 is 16.1 Å². The first-order valence-electron chi connectivity index (χ1n) is 7.65. The highest BCUT2D eigenvalue weighted by molar-refractivity contribution is 7.89. The lowest BCUT2D eigenvalue weighted by atomic mass is 10.0. The quantitative estimate of drug-likeness (QED) is 0.915. The van der Waals surface area contributed by atoms with E-state index in [9.17, 15) is 13.5 Å². The van der Waals surface area contributed by atoms with E-state index >= 15 is 0 Å². The van der Waals surface area contributed by atoms with E-state index in [-0.39, 0.29) is 24.1 Å². The highest BCUT2D eigenvalue weighted by Crippen LogP contribution is 2.24. The van der Waals surface area contributed by atoms with Gasteiger partial charge in [0.25, 0.3) is 0 Å². The minimum atomic E-state index is -3.64. The topological polar surface area (TPSA) is 66.8 Å². The summed E-state index contributed by atoms with van der Waals surface area (Å²) in [6, 6.07) is 6.57. The number of β-amino-alcohol motifs (C(OH)–C–C–N with tert-alkyl or cyclic N) is 1. The molecule has 0 amide bonds. The summed E-state index contributed by atoms with van der Waals surface area (Å²) >= 11 is 0. The zero-order valence-corrected chi connectivity index (χ0v) is 14.2. The molecule has 1 aromatic carbocycles. The average Bonchev–Trinajstić information content (AvgIpc) is 2.61. The Bertz CT molecular complexity index is 583. The summed E-state index contributed by atoms with van der Waals surface area (Å²) < 4.78 is 32.8. The third kappa shape index (κ3) is 4.07. The normalized spacial score (nSPS) is 24.4. The summed E-state index contributed by atoms with van der Waals surface area (Å²) in [5.74, 6) is 0.347. The van der Waals surface area contributed by atoms with Crippen molar-refractivity contribution in [1.82, 2.24) is 4.31 Å². The average molecular weight is 327 g/mol. The minimum absolute atomic E-state index is 0.0770. The minimum Gasteiger partial charge on any atom is -0.389 e. The molecule has 1 heterocycles. The van der Waals surface area contributed by atoms with Crippen LogP contribution in [0.2, 0.25) is 0 Å². The number of benzene rings is 1. The molecule has 2 atom stereocenters. The van der Waals surface area contributed by atoms with Crippen molar-refractivity contribution in [3.05, 3.63) is 29.8 Å². The fourth-order valence-corrected chi connectivity index (χ4v) is 4.36. The molecule has 1 saturated heterocycles. The molecule has 1 fully saturated rings. The summed E-state index contributed by atoms with van der Waals surface area (Å²) in [7, 11) is -3.64. The van der Waals surface area contributed by atoms with Gasteiger partial charge in [-0.05, 0) is 31.4 Å². The summed E-state index contributed by atoms with van der Waals surface area (Å²) in [5.41, 5.74) is 1.01. The fourth-order valence-electron chi connectivity index (χ4n) is 2.70. The Morgan fingerprint density at radius 3 is 2.50 bits per heavy atom. The lowest BCUT2D eigenvalue weighted by molar-refractivity contribution is 0.0532. The highest BCUT2D eigenvalue weighted by Gasteiger charge is 2.35. The first-order chi connectivity index (χ1) is 10.3. The molecular weight excluding hydrogens is 302 g/mol. The molecule has 5 nitrogen and oxygen atoms in total. The second kappa shape index (κ2) is 7.08. The Morgan fingerprint density at radius 2 is 1.91 bits per heavy atom. The van der Waals surface area contributed by atoms with Crippen molar-refractivity contribution in [3.63, 3.8) is 0 Å². The fraction of sp³-hybridized carbons (Fsp3) is 0.625. The van der Waals surface area contributed by atoms with Gasteiger partial charge in [-0.1, -0.05) is 31.5 Å². The van der Waals surface area contributed by atoms with Crippen LogP contribution in [0, 0.1) is 12.8 Å². The first kappa shape index (κ1) is 17.4. The van der Waals surface area contributed by atoms with Crippen molar-refractivity contribution in [3.8, 4) is 0 Å². The van der Waals surface area contributed by atoms with Gasteiger partial charge in [-0.15, -0.1) is 0 Å². The molecule has 0 aliphatic carbocycles. The number of rotatable bonds is 4. The molecule has 124 valence electrons. The number of ether oxygens (including phenoxy) is 1. The smallest absolute Gasteiger partial charge is 0.243 e. The van der Waals surface area contributed by atoms with Gasteiger partial charge in [-0.3, -0.25) is 0 Å². The number of sulfonamides is 1. The lowest BCUT2D eigenvalue weighted by Gasteiger charge is -2.30. The number of aryl methyl sites for hydroxylation is 1. The molecule has 1 aromatic rings. The van der Waals surface area contributed by atoms with Gasteiger partial charge in [0.15, 0.2) is 0 Å². The maximum Gasteiger partial charge on any atom is 0.243 e. The van der Waals surface area contributed by atoms with Crippen LogP contribution in [0.15, 0.2) is 29.2 Å². The number of aliphatic hydroxyl groups is 1. The Hall–Kier alpha value is -0.950. The Balaban J connectivity index is 2.35. The molecule has 0 radical (unpaired) electrons. The van der Waals surface area contributed by atoms with Gasteiger partial charge >= 0.3 is 0 Å². The van der Waals surface area contributed by atoms with Crippen LogP contribution in [0.5, 0.6) is 0 Å². The van der Waals surface area contributed by atoms with Gasteiger partial charge in [-0.2, -0.15) is 4.31 Å². The second-order valence-corrected chi connectivity index (χ2v) is 8.25.